The van der Waals surface area contributed by atoms with Gasteiger partial charge in [-0.25, -0.2) is 0 Å². The highest BCUT2D eigenvalue weighted by molar-refractivity contribution is 4.93. The lowest BCUT2D eigenvalue weighted by Gasteiger charge is -2.34. The second kappa shape index (κ2) is 3.61. The molecule has 0 aromatic rings. The van der Waals surface area contributed by atoms with Crippen molar-refractivity contribution in [1.29, 1.82) is 0 Å². The van der Waals surface area contributed by atoms with Gasteiger partial charge in [-0.1, -0.05) is 20.8 Å². The Morgan fingerprint density at radius 1 is 1.08 bits per heavy atom. The van der Waals surface area contributed by atoms with Gasteiger partial charge in [0.05, 0.1) is 0 Å². The van der Waals surface area contributed by atoms with Crippen LogP contribution in [0.5, 0.6) is 0 Å². The van der Waals surface area contributed by atoms with Gasteiger partial charge in [0.1, 0.15) is 0 Å². The van der Waals surface area contributed by atoms with Crippen LogP contribution in [-0.4, -0.2) is 12.1 Å². The van der Waals surface area contributed by atoms with Gasteiger partial charge in [-0.05, 0) is 43.4 Å². The molecule has 0 amide bonds. The van der Waals surface area contributed by atoms with Gasteiger partial charge in [0.15, 0.2) is 0 Å². The highest BCUT2D eigenvalue weighted by Crippen LogP contribution is 2.46. The molecule has 76 valence electrons. The summed E-state index contributed by atoms with van der Waals surface area (Å²) in [5, 5.41) is 3.70. The van der Waals surface area contributed by atoms with E-state index < -0.39 is 0 Å². The second-order valence-electron chi connectivity index (χ2n) is 5.45. The maximum atomic E-state index is 3.70. The van der Waals surface area contributed by atoms with E-state index in [4.69, 9.17) is 0 Å². The first kappa shape index (κ1) is 9.51. The average Bonchev–Trinajstić information content (AvgIpc) is 2.33. The third kappa shape index (κ3) is 1.90. The Bertz CT molecular complexity index is 162. The quantitative estimate of drug-likeness (QED) is 0.690. The zero-order valence-electron chi connectivity index (χ0n) is 9.22. The van der Waals surface area contributed by atoms with E-state index in [1.807, 2.05) is 0 Å². The van der Waals surface area contributed by atoms with Gasteiger partial charge in [-0.15, -0.1) is 0 Å². The molecule has 2 atom stereocenters. The summed E-state index contributed by atoms with van der Waals surface area (Å²) in [6, 6.07) is 1.49. The van der Waals surface area contributed by atoms with E-state index in [0.717, 1.165) is 23.8 Å². The van der Waals surface area contributed by atoms with Crippen molar-refractivity contribution in [3.8, 4) is 0 Å². The first-order chi connectivity index (χ1) is 6.16. The summed E-state index contributed by atoms with van der Waals surface area (Å²) in [7, 11) is 0. The minimum Gasteiger partial charge on any atom is -0.312 e. The average molecular weight is 181 g/mol. The molecule has 1 nitrogen and oxygen atoms in total. The molecule has 2 aliphatic rings. The predicted octanol–water partition coefficient (Wildman–Crippen LogP) is 2.81. The number of rotatable bonds is 2. The zero-order valence-corrected chi connectivity index (χ0v) is 9.22. The molecule has 0 heterocycles. The van der Waals surface area contributed by atoms with E-state index in [1.165, 1.54) is 25.7 Å². The highest BCUT2D eigenvalue weighted by atomic mass is 14.9. The number of nitrogens with one attached hydrogen (secondary N) is 1. The molecule has 0 radical (unpaired) electrons. The van der Waals surface area contributed by atoms with Crippen LogP contribution in [0.1, 0.15) is 46.5 Å². The molecular weight excluding hydrogens is 158 g/mol. The fraction of sp³-hybridized carbons (Fsp3) is 1.00. The van der Waals surface area contributed by atoms with Crippen LogP contribution in [0.25, 0.3) is 0 Å². The zero-order chi connectivity index (χ0) is 9.42. The van der Waals surface area contributed by atoms with E-state index in [-0.39, 0.29) is 0 Å². The lowest BCUT2D eigenvalue weighted by atomic mass is 9.77. The largest absolute Gasteiger partial charge is 0.312 e. The van der Waals surface area contributed by atoms with Crippen molar-refractivity contribution in [2.75, 3.05) is 0 Å². The SMILES string of the molecule is CC(C)NC1CC2CCC(C1)C2C. The predicted molar refractivity (Wildman–Crippen MR) is 56.7 cm³/mol. The van der Waals surface area contributed by atoms with Crippen LogP contribution in [0, 0.1) is 17.8 Å². The van der Waals surface area contributed by atoms with Crippen LogP contribution in [0.15, 0.2) is 0 Å². The van der Waals surface area contributed by atoms with Crippen molar-refractivity contribution in [2.45, 2.75) is 58.5 Å². The molecule has 2 saturated carbocycles. The van der Waals surface area contributed by atoms with E-state index in [2.05, 4.69) is 26.1 Å². The Kier molecular flexibility index (Phi) is 2.64. The van der Waals surface area contributed by atoms with E-state index in [1.54, 1.807) is 0 Å². The molecule has 0 saturated heterocycles. The lowest BCUT2D eigenvalue weighted by Crippen LogP contribution is -2.41. The van der Waals surface area contributed by atoms with Crippen LogP contribution < -0.4 is 5.32 Å². The third-order valence-corrected chi connectivity index (χ3v) is 4.14. The second-order valence-corrected chi connectivity index (χ2v) is 5.45. The summed E-state index contributed by atoms with van der Waals surface area (Å²) in [6.45, 7) is 6.99. The monoisotopic (exact) mass is 181 g/mol. The van der Waals surface area contributed by atoms with Crippen LogP contribution in [-0.2, 0) is 0 Å². The lowest BCUT2D eigenvalue weighted by molar-refractivity contribution is 0.195. The normalized spacial score (nSPS) is 44.3. The van der Waals surface area contributed by atoms with Crippen LogP contribution in [0.2, 0.25) is 0 Å². The third-order valence-electron chi connectivity index (χ3n) is 4.14. The summed E-state index contributed by atoms with van der Waals surface area (Å²) >= 11 is 0. The Labute approximate surface area is 82.3 Å². The van der Waals surface area contributed by atoms with Gasteiger partial charge in [0, 0.05) is 12.1 Å². The Hall–Kier alpha value is -0.0400. The van der Waals surface area contributed by atoms with Crippen molar-refractivity contribution in [3.63, 3.8) is 0 Å². The molecule has 0 aromatic heterocycles. The van der Waals surface area contributed by atoms with Gasteiger partial charge in [0.25, 0.3) is 0 Å². The van der Waals surface area contributed by atoms with Crippen molar-refractivity contribution in [2.24, 2.45) is 17.8 Å². The van der Waals surface area contributed by atoms with Crippen molar-refractivity contribution in [3.05, 3.63) is 0 Å². The Morgan fingerprint density at radius 2 is 1.62 bits per heavy atom. The molecule has 1 heteroatoms. The molecule has 0 aromatic carbocycles. The van der Waals surface area contributed by atoms with Gasteiger partial charge >= 0.3 is 0 Å². The molecule has 2 aliphatic carbocycles. The van der Waals surface area contributed by atoms with Crippen molar-refractivity contribution >= 4 is 0 Å². The van der Waals surface area contributed by atoms with Crippen LogP contribution in [0.4, 0.5) is 0 Å². The summed E-state index contributed by atoms with van der Waals surface area (Å²) in [5.74, 6) is 3.09. The molecule has 2 rings (SSSR count). The molecule has 1 N–H and O–H groups in total. The number of fused-ring (bicyclic) bond motifs is 2. The Balaban J connectivity index is 1.91. The number of hydrogen-bond donors (Lipinski definition) is 1. The molecular formula is C12H23N. The van der Waals surface area contributed by atoms with E-state index >= 15 is 0 Å². The fourth-order valence-corrected chi connectivity index (χ4v) is 3.44. The van der Waals surface area contributed by atoms with Crippen molar-refractivity contribution in [1.82, 2.24) is 5.32 Å². The van der Waals surface area contributed by atoms with Crippen molar-refractivity contribution < 1.29 is 0 Å². The van der Waals surface area contributed by atoms with E-state index in [0.29, 0.717) is 6.04 Å². The molecule has 0 spiro atoms. The molecule has 2 unspecified atom stereocenters. The Morgan fingerprint density at radius 3 is 2.08 bits per heavy atom. The molecule has 2 bridgehead atoms. The molecule has 13 heavy (non-hydrogen) atoms. The highest BCUT2D eigenvalue weighted by Gasteiger charge is 2.39. The molecule has 2 fully saturated rings. The maximum Gasteiger partial charge on any atom is 0.00749 e. The minimum atomic E-state index is 0.665. The summed E-state index contributed by atoms with van der Waals surface area (Å²) in [4.78, 5) is 0. The summed E-state index contributed by atoms with van der Waals surface area (Å²) in [5.41, 5.74) is 0. The standard InChI is InChI=1S/C12H23N/c1-8(2)13-12-6-10-4-5-11(7-12)9(10)3/h8-13H,4-7H2,1-3H3. The summed E-state index contributed by atoms with van der Waals surface area (Å²) < 4.78 is 0. The van der Waals surface area contributed by atoms with Gasteiger partial charge in [-0.2, -0.15) is 0 Å². The van der Waals surface area contributed by atoms with E-state index in [9.17, 15) is 0 Å². The maximum absolute atomic E-state index is 3.70. The van der Waals surface area contributed by atoms with Gasteiger partial charge in [0.2, 0.25) is 0 Å². The first-order valence-corrected chi connectivity index (χ1v) is 5.93. The smallest absolute Gasteiger partial charge is 0.00749 e. The van der Waals surface area contributed by atoms with Gasteiger partial charge in [-0.3, -0.25) is 0 Å². The molecule has 0 aliphatic heterocycles. The topological polar surface area (TPSA) is 12.0 Å². The van der Waals surface area contributed by atoms with Crippen LogP contribution in [0.3, 0.4) is 0 Å². The summed E-state index contributed by atoms with van der Waals surface area (Å²) in [6.07, 6.45) is 5.88. The number of hydrogen-bond acceptors (Lipinski definition) is 1. The fourth-order valence-electron chi connectivity index (χ4n) is 3.44. The minimum absolute atomic E-state index is 0.665. The van der Waals surface area contributed by atoms with Gasteiger partial charge < -0.3 is 5.32 Å². The van der Waals surface area contributed by atoms with Crippen LogP contribution >= 0.6 is 0 Å². The first-order valence-electron chi connectivity index (χ1n) is 5.93.